The van der Waals surface area contributed by atoms with Gasteiger partial charge >= 0.3 is 126 Å². The molecule has 0 N–H and O–H groups in total. The maximum absolute atomic E-state index is 11.3. The molecule has 3 heterocycles. The molecule has 55 heavy (non-hydrogen) atoms. The second-order valence-electron chi connectivity index (χ2n) is 11.7. The second kappa shape index (κ2) is 31.9. The van der Waals surface area contributed by atoms with Gasteiger partial charge in [0.25, 0.3) is 0 Å². The van der Waals surface area contributed by atoms with E-state index in [9.17, 15) is 9.59 Å². The Morgan fingerprint density at radius 3 is 1.42 bits per heavy atom. The smallest absolute Gasteiger partial charge is 0.356 e. The summed E-state index contributed by atoms with van der Waals surface area (Å²) in [5, 5.41) is 0.277. The van der Waals surface area contributed by atoms with Crippen LogP contribution in [0.4, 0.5) is 0 Å². The fourth-order valence-electron chi connectivity index (χ4n) is 4.91. The molecule has 0 atom stereocenters. The van der Waals surface area contributed by atoms with Gasteiger partial charge in [-0.1, -0.05) is 15.9 Å². The number of hydrogen-bond acceptors (Lipinski definition) is 10. The zero-order valence-corrected chi connectivity index (χ0v) is 44.6. The van der Waals surface area contributed by atoms with Gasteiger partial charge in [0, 0.05) is 0 Å². The number of aromatic nitrogens is 3. The molecule has 0 spiro atoms. The number of carbonyl (C=O) groups excluding carboxylic acids is 2. The van der Waals surface area contributed by atoms with Crippen molar-refractivity contribution < 1.29 is 33.3 Å². The number of carbonyl (C=O) groups is 2. The van der Waals surface area contributed by atoms with E-state index in [1.54, 1.807) is 45.4 Å². The molecule has 0 aromatic carbocycles. The number of esters is 1. The molecule has 16 heteroatoms. The summed E-state index contributed by atoms with van der Waals surface area (Å²) in [6, 6.07) is 10.3. The van der Waals surface area contributed by atoms with E-state index in [-0.39, 0.29) is 16.8 Å². The average Bonchev–Trinajstić information content (AvgIpc) is 3.18. The Bertz CT molecular complexity index is 1570. The minimum atomic E-state index is -2.24. The third-order valence-electron chi connectivity index (χ3n) is 7.90. The largest absolute Gasteiger partial charge is 0.494 e. The van der Waals surface area contributed by atoms with Crippen LogP contribution in [0.15, 0.2) is 60.6 Å². The monoisotopic (exact) mass is 1240 g/mol. The van der Waals surface area contributed by atoms with E-state index in [1.165, 1.54) is 62.7 Å². The minimum absolute atomic E-state index is 0.0525. The normalized spacial score (nSPS) is 10.3. The molecule has 0 amide bonds. The summed E-state index contributed by atoms with van der Waals surface area (Å²) in [4.78, 5) is 34.6. The molecule has 0 aliphatic carbocycles. The van der Waals surface area contributed by atoms with Crippen molar-refractivity contribution in [3.63, 3.8) is 0 Å². The number of unbranched alkanes of at least 4 members (excludes halogenated alkanes) is 3. The average molecular weight is 1240 g/mol. The number of nitrogens with zero attached hydrogens (tertiary/aromatic N) is 3. The van der Waals surface area contributed by atoms with Crippen LogP contribution in [0, 0.1) is 3.70 Å². The number of ether oxygens (including phenoxy) is 5. The SMILES string of the molecule is C=[C](OCC)[Sn]([CH2]CCC)([CH2]CCC)[CH2]CCC.CCOC(=O)c1ccc(OC)c(Br)n1.COc1ccc(C(=O)CBr)nc1Br.COc1ccc(I)nc1Br. The number of methoxy groups -OCH3 is 3. The summed E-state index contributed by atoms with van der Waals surface area (Å²) in [5.41, 5.74) is 0.684. The third-order valence-corrected chi connectivity index (χ3v) is 25.7. The number of Topliss-reactive ketones (excluding diaryl/α,β-unsaturated/α-hetero) is 1. The fourth-order valence-corrected chi connectivity index (χ4v) is 22.0. The molecule has 0 aliphatic heterocycles. The van der Waals surface area contributed by atoms with Crippen LogP contribution in [0.25, 0.3) is 0 Å². The number of alkyl halides is 1. The fraction of sp³-hybridized carbons (Fsp3) is 0.513. The first-order valence-corrected chi connectivity index (χ1v) is 30.2. The molecule has 0 fully saturated rings. The second-order valence-corrected chi connectivity index (χ2v) is 28.8. The zero-order chi connectivity index (χ0) is 41.8. The van der Waals surface area contributed by atoms with Gasteiger partial charge in [-0.05, 0) is 114 Å². The Labute approximate surface area is 380 Å². The van der Waals surface area contributed by atoms with Crippen molar-refractivity contribution in [1.82, 2.24) is 15.0 Å². The van der Waals surface area contributed by atoms with Crippen molar-refractivity contribution in [2.75, 3.05) is 39.9 Å². The standard InChI is InChI=1S/C9H10BrNO3.C8H7Br2NO2.C6H5BrINO.C4H7O.3C4H9.Sn/c1-3-14-9(12)6-4-5-7(13-2)8(10)11-6;1-13-7-3-2-5(6(12)4-9)11-8(7)10;1-10-4-2-3-5(8)9-6(4)7;1-3-5-4-2;3*1-3-4-2;/h4-5H,3H2,1-2H3;2-3H,4H2,1H3;2-3H,1H3;1,4H2,2H3;3*1,3-4H2,2H3;. The first kappa shape index (κ1) is 54.0. The van der Waals surface area contributed by atoms with Crippen LogP contribution >= 0.6 is 86.3 Å². The Morgan fingerprint density at radius 1 is 0.655 bits per heavy atom. The van der Waals surface area contributed by atoms with E-state index in [1.807, 2.05) is 12.1 Å². The van der Waals surface area contributed by atoms with Crippen molar-refractivity contribution in [3.05, 3.63) is 75.7 Å². The van der Waals surface area contributed by atoms with Crippen molar-refractivity contribution in [2.45, 2.75) is 86.5 Å². The molecule has 0 radical (unpaired) electrons. The van der Waals surface area contributed by atoms with E-state index >= 15 is 0 Å². The van der Waals surface area contributed by atoms with E-state index in [2.05, 4.69) is 136 Å². The Morgan fingerprint density at radius 2 is 1.05 bits per heavy atom. The van der Waals surface area contributed by atoms with Gasteiger partial charge in [0.2, 0.25) is 0 Å². The van der Waals surface area contributed by atoms with Gasteiger partial charge < -0.3 is 18.9 Å². The first-order valence-electron chi connectivity index (χ1n) is 18.1. The van der Waals surface area contributed by atoms with Crippen LogP contribution in [0.3, 0.4) is 0 Å². The van der Waals surface area contributed by atoms with Crippen molar-refractivity contribution in [3.8, 4) is 17.2 Å². The summed E-state index contributed by atoms with van der Waals surface area (Å²) in [6.07, 6.45) is 8.10. The zero-order valence-electron chi connectivity index (χ0n) is 33.2. The van der Waals surface area contributed by atoms with Crippen LogP contribution in [-0.4, -0.2) is 85.0 Å². The molecule has 0 aliphatic rings. The molecule has 0 saturated heterocycles. The Hall–Kier alpha value is -1.02. The molecular formula is C39H56Br4IN3O7Sn. The summed E-state index contributed by atoms with van der Waals surface area (Å²) in [5.74, 6) is 1.48. The molecular weight excluding hydrogens is 1190 g/mol. The van der Waals surface area contributed by atoms with Gasteiger partial charge in [-0.2, -0.15) is 0 Å². The van der Waals surface area contributed by atoms with Crippen molar-refractivity contribution >= 4 is 116 Å². The molecule has 3 rings (SSSR count). The van der Waals surface area contributed by atoms with E-state index in [0.29, 0.717) is 33.0 Å². The van der Waals surface area contributed by atoms with Crippen molar-refractivity contribution in [1.29, 1.82) is 0 Å². The van der Waals surface area contributed by atoms with Crippen LogP contribution < -0.4 is 14.2 Å². The maximum Gasteiger partial charge on any atom is 0.356 e. The number of halogens is 5. The predicted octanol–water partition coefficient (Wildman–Crippen LogP) is 12.8. The molecule has 3 aromatic heterocycles. The Balaban J connectivity index is 0.000000720. The van der Waals surface area contributed by atoms with E-state index < -0.39 is 24.3 Å². The van der Waals surface area contributed by atoms with Crippen LogP contribution in [0.2, 0.25) is 13.3 Å². The molecule has 308 valence electrons. The first-order chi connectivity index (χ1) is 26.3. The summed E-state index contributed by atoms with van der Waals surface area (Å²) < 4.78 is 34.0. The Kier molecular flexibility index (Phi) is 31.3. The maximum atomic E-state index is 11.3. The van der Waals surface area contributed by atoms with Gasteiger partial charge in [0.05, 0.1) is 33.3 Å². The van der Waals surface area contributed by atoms with E-state index in [0.717, 1.165) is 20.7 Å². The van der Waals surface area contributed by atoms with Crippen LogP contribution in [-0.2, 0) is 9.47 Å². The van der Waals surface area contributed by atoms with Gasteiger partial charge in [-0.3, -0.25) is 4.79 Å². The number of rotatable bonds is 19. The number of pyridine rings is 3. The predicted molar refractivity (Wildman–Crippen MR) is 248 cm³/mol. The molecule has 0 unspecified atom stereocenters. The van der Waals surface area contributed by atoms with Crippen molar-refractivity contribution in [2.24, 2.45) is 0 Å². The van der Waals surface area contributed by atoms with Crippen LogP contribution in [0.5, 0.6) is 17.2 Å². The summed E-state index contributed by atoms with van der Waals surface area (Å²) in [6.45, 7) is 16.3. The van der Waals surface area contributed by atoms with Gasteiger partial charge in [-0.15, -0.1) is 0 Å². The van der Waals surface area contributed by atoms with Gasteiger partial charge in [0.15, 0.2) is 23.0 Å². The number of hydrogen-bond donors (Lipinski definition) is 0. The van der Waals surface area contributed by atoms with Gasteiger partial charge in [0.1, 0.15) is 28.9 Å². The topological polar surface area (TPSA) is 119 Å². The minimum Gasteiger partial charge on any atom is -0.494 e. The number of ketones is 1. The summed E-state index contributed by atoms with van der Waals surface area (Å²) >= 11 is 12.6. The molecule has 0 saturated carbocycles. The molecule has 0 bridgehead atoms. The molecule has 3 aromatic rings. The summed E-state index contributed by atoms with van der Waals surface area (Å²) in [7, 11) is 4.70. The molecule has 10 nitrogen and oxygen atoms in total. The third kappa shape index (κ3) is 21.0. The van der Waals surface area contributed by atoms with Gasteiger partial charge in [-0.25, -0.2) is 19.7 Å². The quantitative estimate of drug-likeness (QED) is 0.0218. The van der Waals surface area contributed by atoms with E-state index in [4.69, 9.17) is 23.7 Å². The van der Waals surface area contributed by atoms with Crippen LogP contribution in [0.1, 0.15) is 94.1 Å².